The van der Waals surface area contributed by atoms with Crippen LogP contribution in [-0.2, 0) is 11.3 Å². The molecule has 0 aliphatic heterocycles. The van der Waals surface area contributed by atoms with Gasteiger partial charge in [0, 0.05) is 17.8 Å². The minimum Gasteiger partial charge on any atom is -0.397 e. The summed E-state index contributed by atoms with van der Waals surface area (Å²) in [6, 6.07) is 6.80. The van der Waals surface area contributed by atoms with Crippen molar-refractivity contribution in [2.75, 3.05) is 11.1 Å². The Morgan fingerprint density at radius 1 is 1.30 bits per heavy atom. The molecule has 1 aromatic heterocycles. The molecule has 1 aromatic carbocycles. The summed E-state index contributed by atoms with van der Waals surface area (Å²) in [5.74, 6) is -0.476. The lowest BCUT2D eigenvalue weighted by atomic mass is 10.3. The van der Waals surface area contributed by atoms with E-state index in [4.69, 9.17) is 17.3 Å². The zero-order valence-corrected chi connectivity index (χ0v) is 11.0. The summed E-state index contributed by atoms with van der Waals surface area (Å²) in [5, 5.41) is 5.18. The van der Waals surface area contributed by atoms with Crippen molar-refractivity contribution in [3.8, 4) is 0 Å². The number of nitrogens with zero attached hydrogens (tertiary/aromatic N) is 1. The number of H-pyrrole nitrogens is 1. The van der Waals surface area contributed by atoms with E-state index < -0.39 is 17.0 Å². The van der Waals surface area contributed by atoms with Gasteiger partial charge >= 0.3 is 0 Å². The Bertz CT molecular complexity index is 766. The molecule has 0 aliphatic rings. The summed E-state index contributed by atoms with van der Waals surface area (Å²) in [6.45, 7) is -0.308. The molecule has 4 N–H and O–H groups in total. The number of carbonyl (C=O) groups is 1. The highest BCUT2D eigenvalue weighted by Crippen LogP contribution is 2.22. The van der Waals surface area contributed by atoms with Gasteiger partial charge in [-0.05, 0) is 18.2 Å². The molecular weight excluding hydrogens is 284 g/mol. The number of rotatable bonds is 3. The van der Waals surface area contributed by atoms with Gasteiger partial charge in [0.1, 0.15) is 6.54 Å². The smallest absolute Gasteiger partial charge is 0.265 e. The number of aromatic nitrogens is 2. The largest absolute Gasteiger partial charge is 0.397 e. The first kappa shape index (κ1) is 13.9. The van der Waals surface area contributed by atoms with Crippen LogP contribution in [-0.4, -0.2) is 15.7 Å². The van der Waals surface area contributed by atoms with E-state index in [0.717, 1.165) is 16.8 Å². The lowest BCUT2D eigenvalue weighted by Gasteiger charge is -2.08. The van der Waals surface area contributed by atoms with Crippen LogP contribution in [0.4, 0.5) is 11.4 Å². The number of anilines is 2. The first-order chi connectivity index (χ1) is 9.45. The molecule has 8 heteroatoms. The van der Waals surface area contributed by atoms with Gasteiger partial charge in [0.2, 0.25) is 5.91 Å². The number of amides is 1. The first-order valence-electron chi connectivity index (χ1n) is 5.61. The molecule has 0 atom stereocenters. The Kier molecular flexibility index (Phi) is 3.90. The first-order valence-corrected chi connectivity index (χ1v) is 5.98. The molecule has 2 aromatic rings. The van der Waals surface area contributed by atoms with Gasteiger partial charge < -0.3 is 11.1 Å². The number of nitrogens with two attached hydrogens (primary N) is 1. The maximum Gasteiger partial charge on any atom is 0.265 e. The topological polar surface area (TPSA) is 110 Å². The molecule has 0 saturated heterocycles. The van der Waals surface area contributed by atoms with E-state index in [0.29, 0.717) is 16.4 Å². The molecule has 104 valence electrons. The van der Waals surface area contributed by atoms with Gasteiger partial charge in [0.25, 0.3) is 11.1 Å². The van der Waals surface area contributed by atoms with Gasteiger partial charge in [0.05, 0.1) is 10.7 Å². The van der Waals surface area contributed by atoms with E-state index >= 15 is 0 Å². The van der Waals surface area contributed by atoms with E-state index in [1.165, 1.54) is 6.07 Å². The highest BCUT2D eigenvalue weighted by atomic mass is 35.5. The molecule has 0 saturated carbocycles. The maximum atomic E-state index is 11.8. The highest BCUT2D eigenvalue weighted by molar-refractivity contribution is 6.33. The molecule has 0 radical (unpaired) electrons. The molecule has 2 rings (SSSR count). The predicted molar refractivity (Wildman–Crippen MR) is 75.8 cm³/mol. The highest BCUT2D eigenvalue weighted by Gasteiger charge is 2.06. The van der Waals surface area contributed by atoms with Crippen LogP contribution in [0.15, 0.2) is 39.9 Å². The fourth-order valence-corrected chi connectivity index (χ4v) is 1.66. The number of nitrogen functional groups attached to an aromatic ring is 1. The van der Waals surface area contributed by atoms with E-state index in [1.54, 1.807) is 12.1 Å². The maximum absolute atomic E-state index is 11.8. The number of hydrogen-bond donors (Lipinski definition) is 3. The van der Waals surface area contributed by atoms with Crippen molar-refractivity contribution in [2.24, 2.45) is 0 Å². The van der Waals surface area contributed by atoms with Crippen molar-refractivity contribution in [3.63, 3.8) is 0 Å². The summed E-state index contributed by atoms with van der Waals surface area (Å²) in [6.07, 6.45) is 0. The van der Waals surface area contributed by atoms with Crippen molar-refractivity contribution in [3.05, 3.63) is 56.1 Å². The van der Waals surface area contributed by atoms with Crippen LogP contribution in [0, 0.1) is 0 Å². The average Bonchev–Trinajstić information content (AvgIpc) is 2.38. The van der Waals surface area contributed by atoms with Crippen LogP contribution < -0.4 is 22.2 Å². The van der Waals surface area contributed by atoms with Crippen LogP contribution in [0.1, 0.15) is 0 Å². The third-order valence-electron chi connectivity index (χ3n) is 2.47. The molecule has 0 fully saturated rings. The molecule has 20 heavy (non-hydrogen) atoms. The Morgan fingerprint density at radius 3 is 2.75 bits per heavy atom. The standard InChI is InChI=1S/C12H11ClN4O3/c13-8-2-1-7(5-9(8)14)15-11(19)6-17-12(20)4-3-10(18)16-17/h1-5H,6,14H2,(H,15,19)(H,16,18). The summed E-state index contributed by atoms with van der Waals surface area (Å²) >= 11 is 5.76. The van der Waals surface area contributed by atoms with Crippen molar-refractivity contribution < 1.29 is 4.79 Å². The molecule has 1 heterocycles. The van der Waals surface area contributed by atoms with Gasteiger partial charge in [-0.15, -0.1) is 0 Å². The van der Waals surface area contributed by atoms with Crippen LogP contribution in [0.2, 0.25) is 5.02 Å². The normalized spacial score (nSPS) is 10.2. The van der Waals surface area contributed by atoms with Gasteiger partial charge in [-0.1, -0.05) is 11.6 Å². The minimum absolute atomic E-state index is 0.308. The molecule has 0 aliphatic carbocycles. The van der Waals surface area contributed by atoms with Crippen molar-refractivity contribution in [1.29, 1.82) is 0 Å². The van der Waals surface area contributed by atoms with Crippen LogP contribution in [0.25, 0.3) is 0 Å². The van der Waals surface area contributed by atoms with Crippen molar-refractivity contribution in [2.45, 2.75) is 6.54 Å². The zero-order chi connectivity index (χ0) is 14.7. The summed E-state index contributed by atoms with van der Waals surface area (Å²) < 4.78 is 0.914. The number of hydrogen-bond acceptors (Lipinski definition) is 4. The van der Waals surface area contributed by atoms with E-state index in [9.17, 15) is 14.4 Å². The van der Waals surface area contributed by atoms with Crippen LogP contribution in [0.3, 0.4) is 0 Å². The molecule has 7 nitrogen and oxygen atoms in total. The molecular formula is C12H11ClN4O3. The summed E-state index contributed by atoms with van der Waals surface area (Å²) in [7, 11) is 0. The number of nitrogens with one attached hydrogen (secondary N) is 2. The third-order valence-corrected chi connectivity index (χ3v) is 2.81. The van der Waals surface area contributed by atoms with Gasteiger partial charge in [-0.3, -0.25) is 19.5 Å². The van der Waals surface area contributed by atoms with Crippen LogP contribution >= 0.6 is 11.6 Å². The predicted octanol–water partition coefficient (Wildman–Crippen LogP) is 0.411. The van der Waals surface area contributed by atoms with Crippen molar-refractivity contribution >= 4 is 28.9 Å². The zero-order valence-electron chi connectivity index (χ0n) is 10.2. The Labute approximate surface area is 118 Å². The minimum atomic E-state index is -0.477. The van der Waals surface area contributed by atoms with E-state index in [-0.39, 0.29) is 6.54 Å². The second-order valence-corrected chi connectivity index (χ2v) is 4.43. The van der Waals surface area contributed by atoms with E-state index in [2.05, 4.69) is 10.4 Å². The van der Waals surface area contributed by atoms with E-state index in [1.807, 2.05) is 0 Å². The lowest BCUT2D eigenvalue weighted by Crippen LogP contribution is -2.32. The monoisotopic (exact) mass is 294 g/mol. The lowest BCUT2D eigenvalue weighted by molar-refractivity contribution is -0.117. The summed E-state index contributed by atoms with van der Waals surface area (Å²) in [5.41, 5.74) is 5.44. The van der Waals surface area contributed by atoms with Crippen molar-refractivity contribution in [1.82, 2.24) is 9.78 Å². The molecule has 0 bridgehead atoms. The second kappa shape index (κ2) is 5.62. The Balaban J connectivity index is 2.13. The molecule has 1 amide bonds. The number of halogens is 1. The summed E-state index contributed by atoms with van der Waals surface area (Å²) in [4.78, 5) is 34.3. The average molecular weight is 295 g/mol. The second-order valence-electron chi connectivity index (χ2n) is 4.02. The Morgan fingerprint density at radius 2 is 2.05 bits per heavy atom. The number of carbonyl (C=O) groups excluding carboxylic acids is 1. The molecule has 0 unspecified atom stereocenters. The van der Waals surface area contributed by atoms with Gasteiger partial charge in [-0.2, -0.15) is 0 Å². The van der Waals surface area contributed by atoms with Gasteiger partial charge in [-0.25, -0.2) is 4.68 Å². The Hall–Kier alpha value is -2.54. The van der Waals surface area contributed by atoms with Gasteiger partial charge in [0.15, 0.2) is 0 Å². The number of benzene rings is 1. The fraction of sp³-hybridized carbons (Fsp3) is 0.0833. The molecule has 0 spiro atoms. The fourth-order valence-electron chi connectivity index (χ4n) is 1.55. The number of aromatic amines is 1. The quantitative estimate of drug-likeness (QED) is 0.712. The SMILES string of the molecule is Nc1cc(NC(=O)Cn2[nH]c(=O)ccc2=O)ccc1Cl. The third kappa shape index (κ3) is 3.27. The van der Waals surface area contributed by atoms with Crippen LogP contribution in [0.5, 0.6) is 0 Å².